The molecular weight excluding hydrogens is 479 g/mol. The highest BCUT2D eigenvalue weighted by atomic mass is 19.1. The number of halogens is 1. The van der Waals surface area contributed by atoms with Crippen molar-refractivity contribution < 1.29 is 9.13 Å². The van der Waals surface area contributed by atoms with Gasteiger partial charge in [0.2, 0.25) is 0 Å². The smallest absolute Gasteiger partial charge is 0.159 e. The lowest BCUT2D eigenvalue weighted by Crippen LogP contribution is -2.19. The first-order chi connectivity index (χ1) is 18.7. The third kappa shape index (κ3) is 4.08. The number of nitrogens with one attached hydrogen (secondary N) is 2. The Bertz CT molecular complexity index is 1770. The van der Waals surface area contributed by atoms with Gasteiger partial charge in [0, 0.05) is 28.9 Å². The number of fused-ring (bicyclic) bond motifs is 2. The largest absolute Gasteiger partial charge is 0.489 e. The minimum atomic E-state index is -0.338. The molecule has 7 nitrogen and oxygen atoms in total. The molecule has 1 saturated carbocycles. The van der Waals surface area contributed by atoms with E-state index in [0.29, 0.717) is 28.3 Å². The van der Waals surface area contributed by atoms with Crippen LogP contribution in [0, 0.1) is 5.82 Å². The first-order valence-electron chi connectivity index (χ1n) is 12.9. The predicted molar refractivity (Wildman–Crippen MR) is 145 cm³/mol. The Balaban J connectivity index is 1.26. The fraction of sp³-hybridized carbons (Fsp3) is 0.200. The number of aromatic amines is 2. The van der Waals surface area contributed by atoms with Crippen molar-refractivity contribution in [3.63, 3.8) is 0 Å². The molecule has 1 aliphatic rings. The Morgan fingerprint density at radius 3 is 2.66 bits per heavy atom. The minimum Gasteiger partial charge on any atom is -0.489 e. The van der Waals surface area contributed by atoms with Crippen LogP contribution in [0.25, 0.3) is 55.8 Å². The van der Waals surface area contributed by atoms with E-state index in [1.165, 1.54) is 25.3 Å². The first-order valence-corrected chi connectivity index (χ1v) is 12.9. The number of ether oxygens (including phenoxy) is 1. The zero-order chi connectivity index (χ0) is 25.5. The van der Waals surface area contributed by atoms with E-state index in [-0.39, 0.29) is 11.9 Å². The molecule has 0 saturated heterocycles. The van der Waals surface area contributed by atoms with Gasteiger partial charge in [-0.05, 0) is 67.6 Å². The van der Waals surface area contributed by atoms with E-state index in [9.17, 15) is 4.39 Å². The van der Waals surface area contributed by atoms with Crippen LogP contribution < -0.4 is 4.74 Å². The number of aromatic nitrogens is 6. The second-order valence-corrected chi connectivity index (χ2v) is 9.74. The van der Waals surface area contributed by atoms with Crippen LogP contribution >= 0.6 is 0 Å². The number of nitrogens with zero attached hydrogens (tertiary/aromatic N) is 4. The second kappa shape index (κ2) is 9.37. The summed E-state index contributed by atoms with van der Waals surface area (Å²) in [5.41, 5.74) is 5.81. The summed E-state index contributed by atoms with van der Waals surface area (Å²) in [5.74, 6) is 1.05. The molecule has 7 rings (SSSR count). The molecule has 0 bridgehead atoms. The van der Waals surface area contributed by atoms with Gasteiger partial charge in [0.15, 0.2) is 5.82 Å². The van der Waals surface area contributed by atoms with Gasteiger partial charge in [-0.15, -0.1) is 0 Å². The highest BCUT2D eigenvalue weighted by Gasteiger charge is 2.18. The van der Waals surface area contributed by atoms with E-state index in [1.807, 2.05) is 24.4 Å². The summed E-state index contributed by atoms with van der Waals surface area (Å²) in [7, 11) is 0. The number of pyridine rings is 2. The van der Waals surface area contributed by atoms with Crippen molar-refractivity contribution in [1.29, 1.82) is 0 Å². The molecule has 6 aromatic rings. The van der Waals surface area contributed by atoms with Crippen LogP contribution in [0.5, 0.6) is 5.75 Å². The molecule has 0 aliphatic heterocycles. The second-order valence-electron chi connectivity index (χ2n) is 9.74. The third-order valence-electron chi connectivity index (χ3n) is 7.22. The van der Waals surface area contributed by atoms with E-state index in [1.54, 1.807) is 30.6 Å². The molecule has 2 N–H and O–H groups in total. The molecule has 188 valence electrons. The van der Waals surface area contributed by atoms with Gasteiger partial charge in [-0.1, -0.05) is 24.6 Å². The van der Waals surface area contributed by atoms with Gasteiger partial charge in [-0.2, -0.15) is 5.10 Å². The molecule has 8 heteroatoms. The van der Waals surface area contributed by atoms with E-state index in [2.05, 4.69) is 37.3 Å². The summed E-state index contributed by atoms with van der Waals surface area (Å²) in [4.78, 5) is 17.0. The van der Waals surface area contributed by atoms with Gasteiger partial charge >= 0.3 is 0 Å². The van der Waals surface area contributed by atoms with E-state index in [0.717, 1.165) is 46.1 Å². The zero-order valence-electron chi connectivity index (χ0n) is 20.6. The maximum atomic E-state index is 14.5. The predicted octanol–water partition coefficient (Wildman–Crippen LogP) is 7.08. The molecule has 0 amide bonds. The van der Waals surface area contributed by atoms with Crippen LogP contribution in [0.1, 0.15) is 32.1 Å². The van der Waals surface area contributed by atoms with Gasteiger partial charge in [-0.3, -0.25) is 15.1 Å². The lowest BCUT2D eigenvalue weighted by Gasteiger charge is -2.23. The quantitative estimate of drug-likeness (QED) is 0.262. The Morgan fingerprint density at radius 1 is 0.868 bits per heavy atom. The van der Waals surface area contributed by atoms with Crippen molar-refractivity contribution in [2.24, 2.45) is 0 Å². The Morgan fingerprint density at radius 2 is 1.76 bits per heavy atom. The van der Waals surface area contributed by atoms with Crippen LogP contribution in [0.2, 0.25) is 0 Å². The van der Waals surface area contributed by atoms with Crippen molar-refractivity contribution in [3.8, 4) is 39.7 Å². The minimum absolute atomic E-state index is 0.264. The molecule has 0 unspecified atom stereocenters. The van der Waals surface area contributed by atoms with Gasteiger partial charge in [-0.25, -0.2) is 9.37 Å². The third-order valence-corrected chi connectivity index (χ3v) is 7.22. The number of hydrogen-bond acceptors (Lipinski definition) is 5. The fourth-order valence-corrected chi connectivity index (χ4v) is 5.29. The zero-order valence-corrected chi connectivity index (χ0v) is 20.6. The number of imidazole rings is 1. The van der Waals surface area contributed by atoms with Gasteiger partial charge < -0.3 is 9.72 Å². The summed E-state index contributed by atoms with van der Waals surface area (Å²) in [6, 6.07) is 16.6. The number of benzene rings is 2. The normalized spacial score (nSPS) is 14.3. The van der Waals surface area contributed by atoms with Gasteiger partial charge in [0.25, 0.3) is 0 Å². The highest BCUT2D eigenvalue weighted by Crippen LogP contribution is 2.34. The van der Waals surface area contributed by atoms with Crippen LogP contribution in [-0.2, 0) is 0 Å². The van der Waals surface area contributed by atoms with Crippen LogP contribution in [-0.4, -0.2) is 36.2 Å². The van der Waals surface area contributed by atoms with Crippen LogP contribution in [0.15, 0.2) is 73.2 Å². The molecule has 0 spiro atoms. The van der Waals surface area contributed by atoms with Crippen molar-refractivity contribution in [3.05, 3.63) is 79.0 Å². The molecule has 38 heavy (non-hydrogen) atoms. The summed E-state index contributed by atoms with van der Waals surface area (Å²) in [6.07, 6.45) is 11.5. The van der Waals surface area contributed by atoms with Crippen LogP contribution in [0.4, 0.5) is 4.39 Å². The molecule has 2 aromatic carbocycles. The molecule has 1 fully saturated rings. The lowest BCUT2D eigenvalue weighted by atomic mass is 9.98. The number of rotatable bonds is 5. The standard InChI is InChI=1S/C30H25FN6O/c31-24-9-5-4-8-22(24)27-29-26(12-13-33-27)34-30(35-29)28-23-15-18(10-11-25(23)36-37-28)19-14-21(17-32-16-19)38-20-6-2-1-3-7-20/h4-5,8-17,20H,1-3,6-7H2,(H,34,35)(H,36,37). The average molecular weight is 505 g/mol. The van der Waals surface area contributed by atoms with E-state index >= 15 is 0 Å². The average Bonchev–Trinajstić information content (AvgIpc) is 3.58. The molecule has 4 aromatic heterocycles. The Hall–Kier alpha value is -4.59. The van der Waals surface area contributed by atoms with Crippen molar-refractivity contribution in [2.75, 3.05) is 0 Å². The molecule has 4 heterocycles. The van der Waals surface area contributed by atoms with Crippen molar-refractivity contribution in [1.82, 2.24) is 30.1 Å². The van der Waals surface area contributed by atoms with Crippen molar-refractivity contribution in [2.45, 2.75) is 38.2 Å². The number of H-pyrrole nitrogens is 2. The Kier molecular flexibility index (Phi) is 5.57. The van der Waals surface area contributed by atoms with Gasteiger partial charge in [0.1, 0.15) is 28.5 Å². The number of hydrogen-bond donors (Lipinski definition) is 2. The maximum Gasteiger partial charge on any atom is 0.159 e. The lowest BCUT2D eigenvalue weighted by molar-refractivity contribution is 0.154. The summed E-state index contributed by atoms with van der Waals surface area (Å²) in [5, 5.41) is 8.58. The Labute approximate surface area is 218 Å². The first kappa shape index (κ1) is 22.6. The SMILES string of the molecule is Fc1ccccc1-c1nccc2[nH]c(-c3n[nH]c4ccc(-c5cncc(OC6CCCCC6)c5)cc34)nc12. The highest BCUT2D eigenvalue weighted by molar-refractivity contribution is 5.97. The molecule has 1 aliphatic carbocycles. The monoisotopic (exact) mass is 504 g/mol. The van der Waals surface area contributed by atoms with Crippen LogP contribution in [0.3, 0.4) is 0 Å². The summed E-state index contributed by atoms with van der Waals surface area (Å²) < 4.78 is 20.8. The van der Waals surface area contributed by atoms with E-state index in [4.69, 9.17) is 9.72 Å². The molecular formula is C30H25FN6O. The van der Waals surface area contributed by atoms with E-state index < -0.39 is 0 Å². The summed E-state index contributed by atoms with van der Waals surface area (Å²) >= 11 is 0. The topological polar surface area (TPSA) is 92.4 Å². The van der Waals surface area contributed by atoms with Crippen molar-refractivity contribution >= 4 is 21.9 Å². The molecule has 0 atom stereocenters. The fourth-order valence-electron chi connectivity index (χ4n) is 5.29. The maximum absolute atomic E-state index is 14.5. The molecule has 0 radical (unpaired) electrons. The summed E-state index contributed by atoms with van der Waals surface area (Å²) in [6.45, 7) is 0. The van der Waals surface area contributed by atoms with Gasteiger partial charge in [0.05, 0.1) is 23.3 Å².